The number of piperazine rings is 1. The highest BCUT2D eigenvalue weighted by Crippen LogP contribution is 2.35. The normalized spacial score (nSPS) is 16.4. The highest BCUT2D eigenvalue weighted by Gasteiger charge is 2.35. The summed E-state index contributed by atoms with van der Waals surface area (Å²) in [5.41, 5.74) is 0.899. The minimum atomic E-state index is -0.655. The summed E-state index contributed by atoms with van der Waals surface area (Å²) in [4.78, 5) is 55.2. The molecular formula is C28H38ClN7O4. The molecule has 40 heavy (non-hydrogen) atoms. The zero-order chi connectivity index (χ0) is 29.2. The fourth-order valence-corrected chi connectivity index (χ4v) is 5.03. The van der Waals surface area contributed by atoms with Crippen molar-refractivity contribution < 1.29 is 19.1 Å². The molecule has 1 aromatic carbocycles. The summed E-state index contributed by atoms with van der Waals surface area (Å²) in [5, 5.41) is 3.38. The number of carbonyl (C=O) groups is 3. The molecule has 1 aromatic heterocycles. The molecule has 1 saturated heterocycles. The molecule has 3 amide bonds. The molecule has 0 radical (unpaired) electrons. The van der Waals surface area contributed by atoms with Crippen LogP contribution in [0.4, 0.5) is 22.1 Å². The van der Waals surface area contributed by atoms with Crippen LogP contribution in [-0.4, -0.2) is 95.6 Å². The Bertz CT molecular complexity index is 1240. The van der Waals surface area contributed by atoms with E-state index in [2.05, 4.69) is 20.2 Å². The van der Waals surface area contributed by atoms with Gasteiger partial charge in [-0.2, -0.15) is 0 Å². The van der Waals surface area contributed by atoms with Crippen LogP contribution in [0.1, 0.15) is 46.1 Å². The maximum atomic E-state index is 14.0. The molecule has 11 nitrogen and oxygen atoms in total. The molecule has 216 valence electrons. The van der Waals surface area contributed by atoms with Gasteiger partial charge in [-0.3, -0.25) is 9.59 Å². The first-order chi connectivity index (χ1) is 18.8. The van der Waals surface area contributed by atoms with E-state index in [9.17, 15) is 14.4 Å². The number of hydrogen-bond acceptors (Lipinski definition) is 8. The van der Waals surface area contributed by atoms with Gasteiger partial charge in [0.15, 0.2) is 11.6 Å². The first-order valence-electron chi connectivity index (χ1n) is 13.5. The molecule has 1 fully saturated rings. The molecule has 12 heteroatoms. The van der Waals surface area contributed by atoms with Crippen LogP contribution in [0.5, 0.6) is 0 Å². The van der Waals surface area contributed by atoms with Crippen molar-refractivity contribution in [3.05, 3.63) is 41.2 Å². The molecule has 0 saturated carbocycles. The van der Waals surface area contributed by atoms with E-state index in [1.165, 1.54) is 6.33 Å². The van der Waals surface area contributed by atoms with Crippen molar-refractivity contribution in [3.8, 4) is 0 Å². The van der Waals surface area contributed by atoms with Crippen molar-refractivity contribution in [3.63, 3.8) is 0 Å². The van der Waals surface area contributed by atoms with Crippen molar-refractivity contribution in [2.24, 2.45) is 0 Å². The molecule has 2 aliphatic rings. The van der Waals surface area contributed by atoms with Crippen LogP contribution in [-0.2, 0) is 14.3 Å². The molecule has 0 spiro atoms. The Morgan fingerprint density at radius 2 is 1.75 bits per heavy atom. The highest BCUT2D eigenvalue weighted by atomic mass is 35.5. The zero-order valence-electron chi connectivity index (χ0n) is 24.0. The molecule has 1 N–H and O–H groups in total. The molecule has 1 unspecified atom stereocenters. The second-order valence-electron chi connectivity index (χ2n) is 11.4. The molecule has 2 aliphatic heterocycles. The summed E-state index contributed by atoms with van der Waals surface area (Å²) >= 11 is 6.14. The quantitative estimate of drug-likeness (QED) is 0.560. The van der Waals surface area contributed by atoms with Gasteiger partial charge in [-0.05, 0) is 52.3 Å². The smallest absolute Gasteiger partial charge is 0.410 e. The van der Waals surface area contributed by atoms with Gasteiger partial charge < -0.3 is 29.7 Å². The molecule has 1 atom stereocenters. The number of nitrogens with one attached hydrogen (secondary N) is 1. The van der Waals surface area contributed by atoms with Gasteiger partial charge in [0, 0.05) is 50.8 Å². The SMILES string of the molecule is CC(C)N(CC(C(=O)N1CCN(c2ncnc3c2N(C)CC(=O)N3)CC1)c1ccc(Cl)cc1)C(=O)OC(C)(C)C. The number of likely N-dealkylation sites (N-methyl/N-ethyl adjacent to an activating group) is 1. The summed E-state index contributed by atoms with van der Waals surface area (Å²) in [7, 11) is 1.84. The number of benzene rings is 1. The molecule has 4 rings (SSSR count). The van der Waals surface area contributed by atoms with E-state index in [4.69, 9.17) is 16.3 Å². The number of aromatic nitrogens is 2. The summed E-state index contributed by atoms with van der Waals surface area (Å²) in [6, 6.07) is 7.03. The largest absolute Gasteiger partial charge is 0.444 e. The van der Waals surface area contributed by atoms with Gasteiger partial charge in [-0.25, -0.2) is 14.8 Å². The van der Waals surface area contributed by atoms with Crippen molar-refractivity contribution in [1.82, 2.24) is 19.8 Å². The standard InChI is InChI=1S/C28H38ClN7O4/c1-18(2)36(27(39)40-28(3,4)5)15-21(19-7-9-20(29)10-8-19)26(38)35-13-11-34(12-14-35)25-23-24(30-17-31-25)32-22(37)16-33(23)6/h7-10,17-18,21H,11-16H2,1-6H3,(H,30,31,32,37). The minimum absolute atomic E-state index is 0.0646. The van der Waals surface area contributed by atoms with E-state index in [0.29, 0.717) is 37.0 Å². The Balaban J connectivity index is 1.53. The van der Waals surface area contributed by atoms with Crippen LogP contribution in [0.25, 0.3) is 0 Å². The highest BCUT2D eigenvalue weighted by molar-refractivity contribution is 6.30. The van der Waals surface area contributed by atoms with Gasteiger partial charge in [-0.1, -0.05) is 23.7 Å². The Labute approximate surface area is 240 Å². The van der Waals surface area contributed by atoms with E-state index in [0.717, 1.165) is 17.1 Å². The third kappa shape index (κ3) is 6.75. The number of ether oxygens (including phenoxy) is 1. The van der Waals surface area contributed by atoms with Crippen LogP contribution in [0.15, 0.2) is 30.6 Å². The van der Waals surface area contributed by atoms with Gasteiger partial charge in [0.25, 0.3) is 0 Å². The zero-order valence-corrected chi connectivity index (χ0v) is 24.7. The van der Waals surface area contributed by atoms with E-state index in [-0.39, 0.29) is 30.9 Å². The van der Waals surface area contributed by atoms with E-state index < -0.39 is 17.6 Å². The first kappa shape index (κ1) is 29.4. The Morgan fingerprint density at radius 3 is 2.35 bits per heavy atom. The maximum Gasteiger partial charge on any atom is 0.410 e. The summed E-state index contributed by atoms with van der Waals surface area (Å²) in [5.74, 6) is 0.438. The second kappa shape index (κ2) is 11.9. The van der Waals surface area contributed by atoms with Crippen molar-refractivity contribution in [2.75, 3.05) is 61.4 Å². The number of nitrogens with zero attached hydrogens (tertiary/aromatic N) is 6. The second-order valence-corrected chi connectivity index (χ2v) is 11.9. The van der Waals surface area contributed by atoms with Crippen LogP contribution < -0.4 is 15.1 Å². The monoisotopic (exact) mass is 571 g/mol. The van der Waals surface area contributed by atoms with Crippen LogP contribution in [0, 0.1) is 0 Å². The molecular weight excluding hydrogens is 534 g/mol. The Kier molecular flexibility index (Phi) is 8.72. The lowest BCUT2D eigenvalue weighted by Crippen LogP contribution is -2.52. The molecule has 0 aliphatic carbocycles. The van der Waals surface area contributed by atoms with E-state index in [1.807, 2.05) is 63.6 Å². The van der Waals surface area contributed by atoms with Crippen LogP contribution in [0.2, 0.25) is 5.02 Å². The number of hydrogen-bond donors (Lipinski definition) is 1. The minimum Gasteiger partial charge on any atom is -0.444 e. The fourth-order valence-electron chi connectivity index (χ4n) is 4.90. The van der Waals surface area contributed by atoms with Crippen molar-refractivity contribution in [2.45, 2.75) is 52.2 Å². The summed E-state index contributed by atoms with van der Waals surface area (Å²) < 4.78 is 5.66. The van der Waals surface area contributed by atoms with Gasteiger partial charge in [0.1, 0.15) is 17.6 Å². The molecule has 0 bridgehead atoms. The third-order valence-corrected chi connectivity index (χ3v) is 7.17. The number of amides is 3. The summed E-state index contributed by atoms with van der Waals surface area (Å²) in [6.07, 6.45) is 0.989. The average Bonchev–Trinajstić information content (AvgIpc) is 2.88. The van der Waals surface area contributed by atoms with Gasteiger partial charge in [-0.15, -0.1) is 0 Å². The van der Waals surface area contributed by atoms with Crippen molar-refractivity contribution in [1.29, 1.82) is 0 Å². The Morgan fingerprint density at radius 1 is 1.10 bits per heavy atom. The predicted molar refractivity (Wildman–Crippen MR) is 155 cm³/mol. The maximum absolute atomic E-state index is 14.0. The van der Waals surface area contributed by atoms with Gasteiger partial charge >= 0.3 is 6.09 Å². The van der Waals surface area contributed by atoms with Gasteiger partial charge in [0.05, 0.1) is 12.5 Å². The number of halogens is 1. The lowest BCUT2D eigenvalue weighted by atomic mass is 9.96. The topological polar surface area (TPSA) is 111 Å². The fraction of sp³-hybridized carbons (Fsp3) is 0.536. The lowest BCUT2D eigenvalue weighted by molar-refractivity contribution is -0.133. The van der Waals surface area contributed by atoms with Crippen molar-refractivity contribution >= 4 is 46.8 Å². The lowest BCUT2D eigenvalue weighted by Gasteiger charge is -2.40. The molecule has 3 heterocycles. The third-order valence-electron chi connectivity index (χ3n) is 6.92. The molecule has 2 aromatic rings. The van der Waals surface area contributed by atoms with Crippen LogP contribution in [0.3, 0.4) is 0 Å². The first-order valence-corrected chi connectivity index (χ1v) is 13.9. The van der Waals surface area contributed by atoms with Gasteiger partial charge in [0.2, 0.25) is 11.8 Å². The number of anilines is 3. The number of rotatable bonds is 6. The predicted octanol–water partition coefficient (Wildman–Crippen LogP) is 3.60. The number of fused-ring (bicyclic) bond motifs is 1. The average molecular weight is 572 g/mol. The van der Waals surface area contributed by atoms with E-state index >= 15 is 0 Å². The summed E-state index contributed by atoms with van der Waals surface area (Å²) in [6.45, 7) is 11.8. The Hall–Kier alpha value is -3.60. The van der Waals surface area contributed by atoms with Crippen LogP contribution >= 0.6 is 11.6 Å². The van der Waals surface area contributed by atoms with E-state index in [1.54, 1.807) is 17.0 Å². The number of carbonyl (C=O) groups excluding carboxylic acids is 3.